The van der Waals surface area contributed by atoms with Gasteiger partial charge in [-0.05, 0) is 36.5 Å². The van der Waals surface area contributed by atoms with Crippen LogP contribution in [0.15, 0.2) is 59.1 Å². The summed E-state index contributed by atoms with van der Waals surface area (Å²) in [5.74, 6) is 0.396. The second-order valence-electron chi connectivity index (χ2n) is 5.17. The smallest absolute Gasteiger partial charge is 0.230 e. The average Bonchev–Trinajstić information content (AvgIpc) is 2.88. The zero-order valence-electron chi connectivity index (χ0n) is 12.0. The summed E-state index contributed by atoms with van der Waals surface area (Å²) in [7, 11) is 0. The van der Waals surface area contributed by atoms with Crippen LogP contribution in [0.4, 0.5) is 5.88 Å². The topological polar surface area (TPSA) is 52.0 Å². The summed E-state index contributed by atoms with van der Waals surface area (Å²) in [6.45, 7) is 2.07. The van der Waals surface area contributed by atoms with Crippen LogP contribution < -0.4 is 5.73 Å². The molecule has 0 aliphatic carbocycles. The molecule has 3 rings (SSSR count). The maximum atomic E-state index is 5.98. The van der Waals surface area contributed by atoms with E-state index in [0.717, 1.165) is 29.7 Å². The number of anilines is 1. The fourth-order valence-corrected chi connectivity index (χ4v) is 2.56. The lowest BCUT2D eigenvalue weighted by Crippen LogP contribution is -1.96. The van der Waals surface area contributed by atoms with Crippen LogP contribution in [-0.4, -0.2) is 5.16 Å². The van der Waals surface area contributed by atoms with E-state index in [2.05, 4.69) is 48.5 Å². The molecule has 3 nitrogen and oxygen atoms in total. The van der Waals surface area contributed by atoms with Gasteiger partial charge in [-0.1, -0.05) is 59.8 Å². The molecule has 0 atom stereocenters. The van der Waals surface area contributed by atoms with Crippen LogP contribution in [0.3, 0.4) is 0 Å². The minimum atomic E-state index is 0.396. The van der Waals surface area contributed by atoms with Crippen molar-refractivity contribution in [1.29, 1.82) is 0 Å². The Balaban J connectivity index is 1.89. The van der Waals surface area contributed by atoms with Crippen molar-refractivity contribution >= 4 is 5.88 Å². The van der Waals surface area contributed by atoms with Gasteiger partial charge in [-0.25, -0.2) is 0 Å². The molecular formula is C18H18N2O. The van der Waals surface area contributed by atoms with E-state index in [1.807, 2.05) is 18.2 Å². The normalized spacial score (nSPS) is 10.7. The van der Waals surface area contributed by atoms with Gasteiger partial charge >= 0.3 is 0 Å². The molecule has 21 heavy (non-hydrogen) atoms. The van der Waals surface area contributed by atoms with Crippen molar-refractivity contribution < 1.29 is 4.52 Å². The summed E-state index contributed by atoms with van der Waals surface area (Å²) in [5, 5.41) is 4.15. The summed E-state index contributed by atoms with van der Waals surface area (Å²) >= 11 is 0. The average molecular weight is 278 g/mol. The van der Waals surface area contributed by atoms with Crippen LogP contribution in [0.2, 0.25) is 0 Å². The predicted octanol–water partition coefficient (Wildman–Crippen LogP) is 4.02. The van der Waals surface area contributed by atoms with Gasteiger partial charge in [0.05, 0.1) is 11.3 Å². The van der Waals surface area contributed by atoms with Crippen LogP contribution >= 0.6 is 0 Å². The number of aromatic nitrogens is 1. The Morgan fingerprint density at radius 2 is 1.67 bits per heavy atom. The number of benzene rings is 2. The second-order valence-corrected chi connectivity index (χ2v) is 5.17. The van der Waals surface area contributed by atoms with Gasteiger partial charge < -0.3 is 10.3 Å². The Morgan fingerprint density at radius 3 is 2.43 bits per heavy atom. The number of rotatable bonds is 4. The number of hydrogen-bond acceptors (Lipinski definition) is 3. The molecule has 0 unspecified atom stereocenters. The van der Waals surface area contributed by atoms with Gasteiger partial charge in [-0.2, -0.15) is 0 Å². The van der Waals surface area contributed by atoms with Crippen molar-refractivity contribution in [2.75, 3.05) is 5.73 Å². The molecule has 3 aromatic rings. The molecule has 1 aromatic heterocycles. The quantitative estimate of drug-likeness (QED) is 0.784. The fraction of sp³-hybridized carbons (Fsp3) is 0.167. The lowest BCUT2D eigenvalue weighted by molar-refractivity contribution is 0.427. The van der Waals surface area contributed by atoms with Crippen molar-refractivity contribution in [2.24, 2.45) is 0 Å². The summed E-state index contributed by atoms with van der Waals surface area (Å²) < 4.78 is 5.22. The molecule has 0 spiro atoms. The Hall–Kier alpha value is -2.55. The van der Waals surface area contributed by atoms with Crippen LogP contribution in [0, 0.1) is 6.92 Å². The third-order valence-electron chi connectivity index (χ3n) is 3.70. The Kier molecular flexibility index (Phi) is 3.73. The van der Waals surface area contributed by atoms with Crippen LogP contribution in [-0.2, 0) is 12.8 Å². The monoisotopic (exact) mass is 278 g/mol. The number of aryl methyl sites for hydroxylation is 3. The second kappa shape index (κ2) is 5.83. The molecule has 0 aliphatic rings. The lowest BCUT2D eigenvalue weighted by atomic mass is 9.97. The zero-order chi connectivity index (χ0) is 14.7. The van der Waals surface area contributed by atoms with Crippen LogP contribution in [0.5, 0.6) is 0 Å². The van der Waals surface area contributed by atoms with Gasteiger partial charge in [-0.3, -0.25) is 0 Å². The van der Waals surface area contributed by atoms with Crippen LogP contribution in [0.25, 0.3) is 11.1 Å². The molecule has 3 heteroatoms. The van der Waals surface area contributed by atoms with Gasteiger partial charge in [-0.15, -0.1) is 0 Å². The summed E-state index contributed by atoms with van der Waals surface area (Å²) in [6, 6.07) is 18.5. The van der Waals surface area contributed by atoms with Gasteiger partial charge in [0.15, 0.2) is 0 Å². The van der Waals surface area contributed by atoms with E-state index in [4.69, 9.17) is 10.3 Å². The molecule has 2 N–H and O–H groups in total. The van der Waals surface area contributed by atoms with E-state index in [1.165, 1.54) is 11.1 Å². The maximum Gasteiger partial charge on any atom is 0.230 e. The molecular weight excluding hydrogens is 260 g/mol. The van der Waals surface area contributed by atoms with Crippen molar-refractivity contribution in [3.63, 3.8) is 0 Å². The maximum absolute atomic E-state index is 5.98. The van der Waals surface area contributed by atoms with E-state index in [1.54, 1.807) is 0 Å². The minimum absolute atomic E-state index is 0.396. The highest BCUT2D eigenvalue weighted by atomic mass is 16.5. The highest BCUT2D eigenvalue weighted by Crippen LogP contribution is 2.32. The molecule has 0 radical (unpaired) electrons. The first-order chi connectivity index (χ1) is 10.3. The molecule has 106 valence electrons. The van der Waals surface area contributed by atoms with Gasteiger partial charge in [0, 0.05) is 0 Å². The molecule has 2 aromatic carbocycles. The third kappa shape index (κ3) is 2.82. The molecule has 0 saturated carbocycles. The van der Waals surface area contributed by atoms with Crippen molar-refractivity contribution in [3.8, 4) is 11.1 Å². The van der Waals surface area contributed by atoms with E-state index in [9.17, 15) is 0 Å². The van der Waals surface area contributed by atoms with E-state index >= 15 is 0 Å². The molecule has 0 saturated heterocycles. The first-order valence-electron chi connectivity index (χ1n) is 7.09. The molecule has 0 bridgehead atoms. The Morgan fingerprint density at radius 1 is 0.952 bits per heavy atom. The minimum Gasteiger partial charge on any atom is -0.367 e. The first-order valence-corrected chi connectivity index (χ1v) is 7.09. The largest absolute Gasteiger partial charge is 0.367 e. The van der Waals surface area contributed by atoms with Crippen molar-refractivity contribution in [2.45, 2.75) is 19.8 Å². The number of nitrogen functional groups attached to an aromatic ring is 1. The van der Waals surface area contributed by atoms with Crippen LogP contribution in [0.1, 0.15) is 16.8 Å². The summed E-state index contributed by atoms with van der Waals surface area (Å²) in [4.78, 5) is 0. The van der Waals surface area contributed by atoms with E-state index in [0.29, 0.717) is 5.88 Å². The van der Waals surface area contributed by atoms with Gasteiger partial charge in [0.2, 0.25) is 5.88 Å². The third-order valence-corrected chi connectivity index (χ3v) is 3.70. The van der Waals surface area contributed by atoms with Crippen molar-refractivity contribution in [1.82, 2.24) is 5.16 Å². The van der Waals surface area contributed by atoms with Gasteiger partial charge in [0.25, 0.3) is 0 Å². The summed E-state index contributed by atoms with van der Waals surface area (Å²) in [5.41, 5.74) is 11.4. The lowest BCUT2D eigenvalue weighted by Gasteiger charge is -2.06. The molecule has 0 fully saturated rings. The van der Waals surface area contributed by atoms with Crippen molar-refractivity contribution in [3.05, 3.63) is 71.4 Å². The number of nitrogens with zero attached hydrogens (tertiary/aromatic N) is 1. The molecule has 0 amide bonds. The number of hydrogen-bond donors (Lipinski definition) is 1. The molecule has 1 heterocycles. The standard InChI is InChI=1S/C18H18N2O/c1-13-7-5-6-10-15(13)17-16(20-21-18(17)19)12-11-14-8-3-2-4-9-14/h2-10H,11-12,19H2,1H3. The SMILES string of the molecule is Cc1ccccc1-c1c(CCc2ccccc2)noc1N. The Bertz CT molecular complexity index is 732. The van der Waals surface area contributed by atoms with E-state index < -0.39 is 0 Å². The highest BCUT2D eigenvalue weighted by molar-refractivity contribution is 5.77. The Labute approximate surface area is 124 Å². The van der Waals surface area contributed by atoms with Gasteiger partial charge in [0.1, 0.15) is 0 Å². The zero-order valence-corrected chi connectivity index (χ0v) is 12.0. The van der Waals surface area contributed by atoms with E-state index in [-0.39, 0.29) is 0 Å². The fourth-order valence-electron chi connectivity index (χ4n) is 2.56. The highest BCUT2D eigenvalue weighted by Gasteiger charge is 2.16. The first kappa shape index (κ1) is 13.4. The predicted molar refractivity (Wildman–Crippen MR) is 84.9 cm³/mol. The summed E-state index contributed by atoms with van der Waals surface area (Å²) in [6.07, 6.45) is 1.74. The number of nitrogens with two attached hydrogens (primary N) is 1. The molecule has 0 aliphatic heterocycles.